The van der Waals surface area contributed by atoms with Gasteiger partial charge in [0.15, 0.2) is 0 Å². The Labute approximate surface area is 90.8 Å². The maximum atomic E-state index is 11.3. The van der Waals surface area contributed by atoms with E-state index in [1.165, 1.54) is 12.8 Å². The maximum absolute atomic E-state index is 11.3. The molecule has 0 spiro atoms. The number of carboxylic acids is 1. The van der Waals surface area contributed by atoms with Crippen LogP contribution in [0.25, 0.3) is 0 Å². The van der Waals surface area contributed by atoms with E-state index in [9.17, 15) is 9.90 Å². The van der Waals surface area contributed by atoms with E-state index in [1.54, 1.807) is 0 Å². The van der Waals surface area contributed by atoms with Crippen LogP contribution in [-0.2, 0) is 4.79 Å². The Morgan fingerprint density at radius 2 is 2.27 bits per heavy atom. The minimum absolute atomic E-state index is 0.255. The number of hydrogen-bond acceptors (Lipinski definition) is 2. The van der Waals surface area contributed by atoms with Crippen molar-refractivity contribution in [2.24, 2.45) is 11.8 Å². The van der Waals surface area contributed by atoms with E-state index >= 15 is 0 Å². The number of likely N-dealkylation sites (tertiary alicyclic amines) is 1. The smallest absolute Gasteiger partial charge is 0.321 e. The lowest BCUT2D eigenvalue weighted by Gasteiger charge is -2.24. The Kier molecular flexibility index (Phi) is 2.83. The van der Waals surface area contributed by atoms with Crippen LogP contribution in [0.15, 0.2) is 12.2 Å². The molecule has 1 heterocycles. The van der Waals surface area contributed by atoms with Crippen molar-refractivity contribution in [3.8, 4) is 0 Å². The van der Waals surface area contributed by atoms with Gasteiger partial charge in [0, 0.05) is 13.1 Å². The zero-order chi connectivity index (χ0) is 11.0. The first kappa shape index (κ1) is 10.7. The van der Waals surface area contributed by atoms with Gasteiger partial charge in [-0.05, 0) is 31.6 Å². The normalized spacial score (nSPS) is 35.4. The monoisotopic (exact) mass is 209 g/mol. The van der Waals surface area contributed by atoms with Gasteiger partial charge in [-0.2, -0.15) is 0 Å². The zero-order valence-electron chi connectivity index (χ0n) is 9.28. The summed E-state index contributed by atoms with van der Waals surface area (Å²) in [6.45, 7) is 7.53. The Morgan fingerprint density at radius 3 is 2.87 bits per heavy atom. The van der Waals surface area contributed by atoms with Crippen LogP contribution < -0.4 is 0 Å². The molecule has 3 heteroatoms. The molecule has 0 aromatic heterocycles. The average Bonchev–Trinajstić information content (AvgIpc) is 2.60. The third kappa shape index (κ3) is 1.93. The third-order valence-corrected chi connectivity index (χ3v) is 3.71. The summed E-state index contributed by atoms with van der Waals surface area (Å²) in [5, 5.41) is 9.27. The summed E-state index contributed by atoms with van der Waals surface area (Å²) in [6, 6.07) is -0.255. The average molecular weight is 209 g/mol. The molecule has 3 atom stereocenters. The molecule has 1 aliphatic carbocycles. The first-order valence-electron chi connectivity index (χ1n) is 5.71. The third-order valence-electron chi connectivity index (χ3n) is 3.71. The zero-order valence-corrected chi connectivity index (χ0v) is 9.28. The van der Waals surface area contributed by atoms with Gasteiger partial charge in [-0.25, -0.2) is 0 Å². The Balaban J connectivity index is 2.11. The van der Waals surface area contributed by atoms with E-state index in [-0.39, 0.29) is 6.04 Å². The number of hydrogen-bond donors (Lipinski definition) is 1. The molecule has 0 bridgehead atoms. The Hall–Kier alpha value is -0.830. The van der Waals surface area contributed by atoms with Gasteiger partial charge < -0.3 is 5.11 Å². The largest absolute Gasteiger partial charge is 0.480 e. The van der Waals surface area contributed by atoms with Crippen molar-refractivity contribution in [2.75, 3.05) is 13.1 Å². The standard InChI is InChI=1S/C12H19NO2/c1-8(2)6-13-7-9-4-3-5-10(9)11(13)12(14)15/h9-11H,1,3-7H2,2H3,(H,14,15). The molecular formula is C12H19NO2. The molecule has 1 aliphatic heterocycles. The molecule has 1 N–H and O–H groups in total. The van der Waals surface area contributed by atoms with Gasteiger partial charge in [0.2, 0.25) is 0 Å². The molecule has 84 valence electrons. The molecule has 0 amide bonds. The molecule has 0 radical (unpaired) electrons. The van der Waals surface area contributed by atoms with E-state index in [0.717, 1.165) is 25.1 Å². The maximum Gasteiger partial charge on any atom is 0.321 e. The summed E-state index contributed by atoms with van der Waals surface area (Å²) in [7, 11) is 0. The van der Waals surface area contributed by atoms with Crippen molar-refractivity contribution >= 4 is 5.97 Å². The Bertz CT molecular complexity index is 287. The fourth-order valence-corrected chi connectivity index (χ4v) is 3.24. The molecule has 0 aromatic carbocycles. The molecule has 3 unspecified atom stereocenters. The van der Waals surface area contributed by atoms with E-state index in [0.29, 0.717) is 11.8 Å². The molecule has 3 nitrogen and oxygen atoms in total. The minimum Gasteiger partial charge on any atom is -0.480 e. The van der Waals surface area contributed by atoms with Gasteiger partial charge in [-0.3, -0.25) is 9.69 Å². The van der Waals surface area contributed by atoms with Crippen molar-refractivity contribution in [1.29, 1.82) is 0 Å². The first-order valence-corrected chi connectivity index (χ1v) is 5.71. The van der Waals surface area contributed by atoms with Crippen LogP contribution in [-0.4, -0.2) is 35.1 Å². The number of aliphatic carboxylic acids is 1. The highest BCUT2D eigenvalue weighted by atomic mass is 16.4. The van der Waals surface area contributed by atoms with Crippen LogP contribution in [0.2, 0.25) is 0 Å². The summed E-state index contributed by atoms with van der Waals surface area (Å²) >= 11 is 0. The van der Waals surface area contributed by atoms with Crippen LogP contribution in [0.4, 0.5) is 0 Å². The first-order chi connectivity index (χ1) is 7.09. The predicted octanol–water partition coefficient (Wildman–Crippen LogP) is 1.75. The summed E-state index contributed by atoms with van der Waals surface area (Å²) in [5.74, 6) is 0.359. The minimum atomic E-state index is -0.648. The SMILES string of the molecule is C=C(C)CN1CC2CCCC2C1C(=O)O. The number of fused-ring (bicyclic) bond motifs is 1. The van der Waals surface area contributed by atoms with Crippen LogP contribution in [0.1, 0.15) is 26.2 Å². The van der Waals surface area contributed by atoms with Crippen LogP contribution >= 0.6 is 0 Å². The molecule has 1 saturated heterocycles. The van der Waals surface area contributed by atoms with Gasteiger partial charge in [0.05, 0.1) is 0 Å². The van der Waals surface area contributed by atoms with Crippen LogP contribution in [0.5, 0.6) is 0 Å². The second-order valence-electron chi connectivity index (χ2n) is 5.02. The van der Waals surface area contributed by atoms with Gasteiger partial charge in [0.25, 0.3) is 0 Å². The highest BCUT2D eigenvalue weighted by Gasteiger charge is 2.47. The molecule has 2 aliphatic rings. The number of carbonyl (C=O) groups is 1. The van der Waals surface area contributed by atoms with E-state index in [2.05, 4.69) is 11.5 Å². The predicted molar refractivity (Wildman–Crippen MR) is 58.6 cm³/mol. The van der Waals surface area contributed by atoms with E-state index in [4.69, 9.17) is 0 Å². The van der Waals surface area contributed by atoms with Gasteiger partial charge in [-0.1, -0.05) is 18.6 Å². The second-order valence-corrected chi connectivity index (χ2v) is 5.02. The summed E-state index contributed by atoms with van der Waals surface area (Å²) in [6.07, 6.45) is 3.51. The highest BCUT2D eigenvalue weighted by Crippen LogP contribution is 2.42. The molecule has 2 rings (SSSR count). The lowest BCUT2D eigenvalue weighted by Crippen LogP contribution is -2.40. The van der Waals surface area contributed by atoms with Crippen LogP contribution in [0.3, 0.4) is 0 Å². The van der Waals surface area contributed by atoms with E-state index in [1.807, 2.05) is 6.92 Å². The number of carboxylic acid groups (broad SMARTS) is 1. The lowest BCUT2D eigenvalue weighted by atomic mass is 9.94. The summed E-state index contributed by atoms with van der Waals surface area (Å²) in [5.41, 5.74) is 1.06. The number of nitrogens with zero attached hydrogens (tertiary/aromatic N) is 1. The van der Waals surface area contributed by atoms with Crippen molar-refractivity contribution < 1.29 is 9.90 Å². The molecular weight excluding hydrogens is 190 g/mol. The van der Waals surface area contributed by atoms with Gasteiger partial charge >= 0.3 is 5.97 Å². The number of rotatable bonds is 3. The fraction of sp³-hybridized carbons (Fsp3) is 0.750. The summed E-state index contributed by atoms with van der Waals surface area (Å²) in [4.78, 5) is 13.4. The topological polar surface area (TPSA) is 40.5 Å². The fourth-order valence-electron chi connectivity index (χ4n) is 3.24. The lowest BCUT2D eigenvalue weighted by molar-refractivity contribution is -0.143. The Morgan fingerprint density at radius 1 is 1.53 bits per heavy atom. The van der Waals surface area contributed by atoms with Crippen molar-refractivity contribution in [3.63, 3.8) is 0 Å². The second kappa shape index (κ2) is 3.97. The molecule has 15 heavy (non-hydrogen) atoms. The van der Waals surface area contributed by atoms with Gasteiger partial charge in [0.1, 0.15) is 6.04 Å². The molecule has 0 aromatic rings. The highest BCUT2D eigenvalue weighted by molar-refractivity contribution is 5.74. The van der Waals surface area contributed by atoms with Crippen molar-refractivity contribution in [3.05, 3.63) is 12.2 Å². The van der Waals surface area contributed by atoms with Gasteiger partial charge in [-0.15, -0.1) is 0 Å². The van der Waals surface area contributed by atoms with Crippen LogP contribution in [0, 0.1) is 11.8 Å². The van der Waals surface area contributed by atoms with Crippen molar-refractivity contribution in [1.82, 2.24) is 4.90 Å². The van der Waals surface area contributed by atoms with E-state index < -0.39 is 5.97 Å². The summed E-state index contributed by atoms with van der Waals surface area (Å²) < 4.78 is 0. The quantitative estimate of drug-likeness (QED) is 0.720. The van der Waals surface area contributed by atoms with Crippen molar-refractivity contribution in [2.45, 2.75) is 32.2 Å². The molecule has 1 saturated carbocycles. The molecule has 2 fully saturated rings.